The van der Waals surface area contributed by atoms with Crippen molar-refractivity contribution < 1.29 is 18.9 Å². The quantitative estimate of drug-likeness (QED) is 0.0710. The lowest BCUT2D eigenvalue weighted by molar-refractivity contribution is 0.414. The summed E-state index contributed by atoms with van der Waals surface area (Å²) in [5.74, 6) is 3.24. The zero-order valence-electron chi connectivity index (χ0n) is 42.9. The van der Waals surface area contributed by atoms with Gasteiger partial charge in [0.1, 0.15) is 23.0 Å². The third kappa shape index (κ3) is 10.3. The molecule has 0 aliphatic rings. The van der Waals surface area contributed by atoms with Gasteiger partial charge in [-0.05, 0) is 200 Å². The van der Waals surface area contributed by atoms with E-state index >= 15 is 0 Å². The van der Waals surface area contributed by atoms with Gasteiger partial charge in [-0.15, -0.1) is 0 Å². The molecule has 11 rings (SSSR count). The van der Waals surface area contributed by atoms with Gasteiger partial charge in [-0.2, -0.15) is 0 Å². The molecule has 76 heavy (non-hydrogen) atoms. The van der Waals surface area contributed by atoms with Crippen LogP contribution in [0.25, 0.3) is 68.1 Å². The molecule has 0 saturated heterocycles. The molecular weight excluding hydrogens is 933 g/mol. The summed E-state index contributed by atoms with van der Waals surface area (Å²) in [5, 5.41) is 4.78. The van der Waals surface area contributed by atoms with Crippen LogP contribution in [0, 0.1) is 0 Å². The zero-order chi connectivity index (χ0) is 51.8. The fourth-order valence-corrected chi connectivity index (χ4v) is 9.96. The molecule has 0 saturated carbocycles. The summed E-state index contributed by atoms with van der Waals surface area (Å²) in [5.41, 5.74) is 15.4. The molecule has 11 aromatic carbocycles. The van der Waals surface area contributed by atoms with Gasteiger partial charge < -0.3 is 28.7 Å². The largest absolute Gasteiger partial charge is 0.497 e. The van der Waals surface area contributed by atoms with Crippen LogP contribution in [0.1, 0.15) is 22.3 Å². The smallest absolute Gasteiger partial charge is 0.119 e. The maximum Gasteiger partial charge on any atom is 0.119 e. The third-order valence-corrected chi connectivity index (χ3v) is 13.9. The highest BCUT2D eigenvalue weighted by Crippen LogP contribution is 2.46. The van der Waals surface area contributed by atoms with E-state index in [1.54, 1.807) is 28.4 Å². The van der Waals surface area contributed by atoms with Crippen molar-refractivity contribution >= 4 is 80.0 Å². The van der Waals surface area contributed by atoms with Crippen LogP contribution in [0.4, 0.5) is 34.1 Å². The number of hydrogen-bond donors (Lipinski definition) is 0. The maximum atomic E-state index is 5.48. The summed E-state index contributed by atoms with van der Waals surface area (Å²) in [6.07, 6.45) is 8.83. The predicted octanol–water partition coefficient (Wildman–Crippen LogP) is 18.6. The van der Waals surface area contributed by atoms with Crippen LogP contribution >= 0.6 is 0 Å². The number of hydrogen-bond acceptors (Lipinski definition) is 6. The number of anilines is 6. The molecule has 0 radical (unpaired) electrons. The summed E-state index contributed by atoms with van der Waals surface area (Å²) >= 11 is 0. The van der Waals surface area contributed by atoms with Gasteiger partial charge >= 0.3 is 0 Å². The summed E-state index contributed by atoms with van der Waals surface area (Å²) in [6, 6.07) is 85.3. The Morgan fingerprint density at radius 3 is 0.776 bits per heavy atom. The molecule has 0 aliphatic carbocycles. The summed E-state index contributed by atoms with van der Waals surface area (Å²) in [6.45, 7) is 0. The first kappa shape index (κ1) is 48.5. The number of nitrogens with zero attached hydrogens (tertiary/aromatic N) is 2. The van der Waals surface area contributed by atoms with E-state index in [9.17, 15) is 0 Å². The lowest BCUT2D eigenvalue weighted by Gasteiger charge is -2.26. The Kier molecular flexibility index (Phi) is 14.1. The molecule has 0 fully saturated rings. The highest BCUT2D eigenvalue weighted by atomic mass is 16.5. The Balaban J connectivity index is 0.955. The van der Waals surface area contributed by atoms with Crippen molar-refractivity contribution in [2.24, 2.45) is 0 Å². The van der Waals surface area contributed by atoms with Gasteiger partial charge in [-0.25, -0.2) is 0 Å². The van der Waals surface area contributed by atoms with E-state index in [0.717, 1.165) is 79.4 Å². The van der Waals surface area contributed by atoms with E-state index in [1.807, 2.05) is 48.5 Å². The predicted molar refractivity (Wildman–Crippen MR) is 319 cm³/mol. The molecule has 0 unspecified atom stereocenters. The van der Waals surface area contributed by atoms with Gasteiger partial charge in [0, 0.05) is 34.1 Å². The molecule has 6 nitrogen and oxygen atoms in total. The number of benzene rings is 11. The van der Waals surface area contributed by atoms with Crippen molar-refractivity contribution in [1.82, 2.24) is 0 Å². The molecule has 370 valence electrons. The Morgan fingerprint density at radius 2 is 0.500 bits per heavy atom. The second-order valence-electron chi connectivity index (χ2n) is 18.4. The van der Waals surface area contributed by atoms with Gasteiger partial charge in [-0.3, -0.25) is 0 Å². The zero-order valence-corrected chi connectivity index (χ0v) is 42.9. The van der Waals surface area contributed by atoms with Crippen LogP contribution in [0.2, 0.25) is 0 Å². The molecule has 6 heteroatoms. The first-order chi connectivity index (χ1) is 37.5. The highest BCUT2D eigenvalue weighted by Gasteiger charge is 2.19. The normalized spacial score (nSPS) is 11.3. The standard InChI is InChI=1S/C70H56N2O4/c1-73-61-37-29-57(30-38-61)71(58-31-39-62(74-2)40-32-58)55-25-19-49(20-26-55)15-17-51-23-45-65-67(47-51)68-48-52(24-46-66(68)70(54-13-9-6-10-14-54)69(65)53-11-7-5-8-12-53)18-16-50-21-27-56(28-22-50)72(59-33-41-63(75-3)42-34-59)60-35-43-64(76-4)44-36-60/h5-48H,1-4H3/b17-15+,18-16+. The molecule has 0 heterocycles. The van der Waals surface area contributed by atoms with Crippen molar-refractivity contribution in [3.05, 3.63) is 265 Å². The lowest BCUT2D eigenvalue weighted by Crippen LogP contribution is -2.09. The molecule has 0 atom stereocenters. The number of ether oxygens (including phenoxy) is 4. The Hall–Kier alpha value is -9.78. The highest BCUT2D eigenvalue weighted by molar-refractivity contribution is 6.22. The van der Waals surface area contributed by atoms with Gasteiger partial charge in [0.15, 0.2) is 0 Å². The fraction of sp³-hybridized carbons (Fsp3) is 0.0571. The van der Waals surface area contributed by atoms with E-state index < -0.39 is 0 Å². The minimum Gasteiger partial charge on any atom is -0.497 e. The first-order valence-corrected chi connectivity index (χ1v) is 25.3. The van der Waals surface area contributed by atoms with Gasteiger partial charge in [-0.1, -0.05) is 133 Å². The SMILES string of the molecule is COc1ccc(N(c2ccc(/C=C/c3ccc4c(-c5ccccc5)c(-c5ccccc5)c5ccc(/C=C/c6ccc(N(c7ccc(OC)cc7)c7ccc(OC)cc7)cc6)cc5c4c3)cc2)c2ccc(OC)cc2)cc1. The van der Waals surface area contributed by atoms with E-state index in [-0.39, 0.29) is 0 Å². The van der Waals surface area contributed by atoms with Crippen LogP contribution in [0.3, 0.4) is 0 Å². The Morgan fingerprint density at radius 1 is 0.250 bits per heavy atom. The van der Waals surface area contributed by atoms with Crippen molar-refractivity contribution in [1.29, 1.82) is 0 Å². The molecule has 0 aromatic heterocycles. The fourth-order valence-electron chi connectivity index (χ4n) is 9.96. The number of rotatable bonds is 16. The monoisotopic (exact) mass is 988 g/mol. The minimum atomic E-state index is 0.810. The third-order valence-electron chi connectivity index (χ3n) is 13.9. The van der Waals surface area contributed by atoms with Gasteiger partial charge in [0.25, 0.3) is 0 Å². The topological polar surface area (TPSA) is 43.4 Å². The molecule has 11 aromatic rings. The average molecular weight is 989 g/mol. The molecule has 0 aliphatic heterocycles. The summed E-state index contributed by atoms with van der Waals surface area (Å²) in [4.78, 5) is 4.47. The number of methoxy groups -OCH3 is 4. The van der Waals surface area contributed by atoms with E-state index in [4.69, 9.17) is 18.9 Å². The lowest BCUT2D eigenvalue weighted by atomic mass is 9.84. The average Bonchev–Trinajstić information content (AvgIpc) is 3.54. The van der Waals surface area contributed by atoms with Gasteiger partial charge in [0.2, 0.25) is 0 Å². The number of fused-ring (bicyclic) bond motifs is 3. The van der Waals surface area contributed by atoms with E-state index in [1.165, 1.54) is 43.8 Å². The second-order valence-corrected chi connectivity index (χ2v) is 18.4. The van der Waals surface area contributed by atoms with Crippen molar-refractivity contribution in [3.63, 3.8) is 0 Å². The van der Waals surface area contributed by atoms with Crippen LogP contribution < -0.4 is 28.7 Å². The molecule has 0 N–H and O–H groups in total. The van der Waals surface area contributed by atoms with Gasteiger partial charge in [0.05, 0.1) is 28.4 Å². The minimum absolute atomic E-state index is 0.810. The first-order valence-electron chi connectivity index (χ1n) is 25.3. The Labute approximate surface area is 445 Å². The second kappa shape index (κ2) is 22.1. The van der Waals surface area contributed by atoms with Crippen LogP contribution in [0.15, 0.2) is 243 Å². The summed E-state index contributed by atoms with van der Waals surface area (Å²) in [7, 11) is 6.75. The Bertz CT molecular complexity index is 3450. The van der Waals surface area contributed by atoms with Crippen LogP contribution in [0.5, 0.6) is 23.0 Å². The van der Waals surface area contributed by atoms with Crippen LogP contribution in [-0.2, 0) is 0 Å². The van der Waals surface area contributed by atoms with Crippen LogP contribution in [-0.4, -0.2) is 28.4 Å². The summed E-state index contributed by atoms with van der Waals surface area (Å²) < 4.78 is 21.9. The molecule has 0 bridgehead atoms. The van der Waals surface area contributed by atoms with E-state index in [0.29, 0.717) is 0 Å². The molecular formula is C70H56N2O4. The molecule has 0 spiro atoms. The van der Waals surface area contributed by atoms with Crippen molar-refractivity contribution in [2.75, 3.05) is 38.2 Å². The maximum absolute atomic E-state index is 5.48. The molecule has 0 amide bonds. The van der Waals surface area contributed by atoms with Crippen molar-refractivity contribution in [3.8, 4) is 45.3 Å². The van der Waals surface area contributed by atoms with Crippen molar-refractivity contribution in [2.45, 2.75) is 0 Å². The van der Waals surface area contributed by atoms with E-state index in [2.05, 4.69) is 228 Å².